The van der Waals surface area contributed by atoms with Crippen molar-refractivity contribution in [1.82, 2.24) is 0 Å². The molecule has 402 valence electrons. The largest absolute Gasteiger partial charge is 0.462 e. The number of esters is 3. The average Bonchev–Trinajstić information content (AvgIpc) is 3.35. The lowest BCUT2D eigenvalue weighted by molar-refractivity contribution is -0.166. The molecule has 0 N–H and O–H groups in total. The van der Waals surface area contributed by atoms with Crippen molar-refractivity contribution in [2.75, 3.05) is 13.2 Å². The summed E-state index contributed by atoms with van der Waals surface area (Å²) in [5.74, 6) is -0.958. The van der Waals surface area contributed by atoms with Crippen LogP contribution in [0.25, 0.3) is 0 Å². The monoisotopic (exact) mass is 967 g/mol. The summed E-state index contributed by atoms with van der Waals surface area (Å²) in [6, 6.07) is 0. The van der Waals surface area contributed by atoms with Crippen molar-refractivity contribution < 1.29 is 28.6 Å². The second-order valence-corrected chi connectivity index (χ2v) is 20.2. The molecule has 6 heteroatoms. The standard InChI is InChI=1S/C63H114O6/c1-4-7-10-13-16-19-22-25-27-28-29-30-31-32-33-34-35-36-39-41-44-47-50-53-56-62(65)68-59-60(58-67-61(64)55-52-49-46-43-40-37-24-21-18-15-12-9-6-3)69-63(66)57-54-51-48-45-42-38-26-23-20-17-14-11-8-5-2/h9,12,18,21,37,40,46,49,60H,4-8,10-11,13-17,19-20,22-36,38-39,41-45,47-48,50-59H2,1-3H3/b12-9-,21-18-,40-37-,49-46-. The third kappa shape index (κ3) is 56.2. The van der Waals surface area contributed by atoms with Gasteiger partial charge in [-0.25, -0.2) is 0 Å². The van der Waals surface area contributed by atoms with Crippen molar-refractivity contribution >= 4 is 17.9 Å². The van der Waals surface area contributed by atoms with Gasteiger partial charge in [-0.05, 0) is 44.9 Å². The Bertz CT molecular complexity index is 1200. The number of hydrogen-bond acceptors (Lipinski definition) is 6. The van der Waals surface area contributed by atoms with Crippen LogP contribution >= 0.6 is 0 Å². The number of unbranched alkanes of at least 4 members (excludes halogenated alkanes) is 36. The Kier molecular flexibility index (Phi) is 55.7. The number of rotatable bonds is 55. The topological polar surface area (TPSA) is 78.9 Å². The van der Waals surface area contributed by atoms with Gasteiger partial charge in [-0.15, -0.1) is 0 Å². The Balaban J connectivity index is 4.26. The van der Waals surface area contributed by atoms with Crippen LogP contribution in [0.2, 0.25) is 0 Å². The summed E-state index contributed by atoms with van der Waals surface area (Å²) in [5, 5.41) is 0. The summed E-state index contributed by atoms with van der Waals surface area (Å²) < 4.78 is 16.8. The minimum atomic E-state index is -0.798. The summed E-state index contributed by atoms with van der Waals surface area (Å²) >= 11 is 0. The van der Waals surface area contributed by atoms with Crippen LogP contribution in [-0.2, 0) is 28.6 Å². The maximum atomic E-state index is 12.8. The molecule has 0 rings (SSSR count). The van der Waals surface area contributed by atoms with Crippen LogP contribution in [0.3, 0.4) is 0 Å². The molecule has 0 saturated heterocycles. The van der Waals surface area contributed by atoms with Gasteiger partial charge in [-0.2, -0.15) is 0 Å². The van der Waals surface area contributed by atoms with Gasteiger partial charge in [0.25, 0.3) is 0 Å². The third-order valence-electron chi connectivity index (χ3n) is 13.4. The number of carbonyl (C=O) groups is 3. The first-order valence-corrected chi connectivity index (χ1v) is 30.1. The fraction of sp³-hybridized carbons (Fsp3) is 0.825. The summed E-state index contributed by atoms with van der Waals surface area (Å²) in [6.45, 7) is 6.51. The van der Waals surface area contributed by atoms with E-state index in [1.807, 2.05) is 6.08 Å². The molecular weight excluding hydrogens is 853 g/mol. The first kappa shape index (κ1) is 66.4. The summed E-state index contributed by atoms with van der Waals surface area (Å²) in [5.41, 5.74) is 0. The van der Waals surface area contributed by atoms with E-state index in [4.69, 9.17) is 14.2 Å². The number of hydrogen-bond donors (Lipinski definition) is 0. The highest BCUT2D eigenvalue weighted by molar-refractivity contribution is 5.71. The second-order valence-electron chi connectivity index (χ2n) is 20.2. The highest BCUT2D eigenvalue weighted by Crippen LogP contribution is 2.17. The Labute approximate surface area is 428 Å². The van der Waals surface area contributed by atoms with Crippen molar-refractivity contribution in [1.29, 1.82) is 0 Å². The first-order valence-electron chi connectivity index (χ1n) is 30.1. The summed E-state index contributed by atoms with van der Waals surface area (Å²) in [6.07, 6.45) is 71.4. The van der Waals surface area contributed by atoms with Crippen LogP contribution < -0.4 is 0 Å². The molecule has 0 radical (unpaired) electrons. The molecule has 0 amide bonds. The van der Waals surface area contributed by atoms with Gasteiger partial charge in [0, 0.05) is 19.3 Å². The zero-order chi connectivity index (χ0) is 50.0. The van der Waals surface area contributed by atoms with E-state index in [0.29, 0.717) is 19.3 Å². The SMILES string of the molecule is CC/C=C\C/C=C\C/C=C\C/C=C\CCC(=O)OCC(COC(=O)CCCCCCCCCCCCCCCCCCCCCCCCCC)OC(=O)CCCCCCCCCCCCCCCC. The highest BCUT2D eigenvalue weighted by atomic mass is 16.6. The Morgan fingerprint density at radius 3 is 0.884 bits per heavy atom. The zero-order valence-corrected chi connectivity index (χ0v) is 46.1. The lowest BCUT2D eigenvalue weighted by Crippen LogP contribution is -2.30. The predicted octanol–water partition coefficient (Wildman–Crippen LogP) is 20.2. The maximum absolute atomic E-state index is 12.8. The van der Waals surface area contributed by atoms with E-state index in [-0.39, 0.29) is 37.5 Å². The Hall–Kier alpha value is -2.63. The van der Waals surface area contributed by atoms with Crippen molar-refractivity contribution in [2.45, 2.75) is 322 Å². The van der Waals surface area contributed by atoms with Crippen LogP contribution in [-0.4, -0.2) is 37.2 Å². The van der Waals surface area contributed by atoms with Gasteiger partial charge in [-0.3, -0.25) is 14.4 Å². The van der Waals surface area contributed by atoms with Gasteiger partial charge in [0.15, 0.2) is 6.10 Å². The molecule has 0 aliphatic carbocycles. The van der Waals surface area contributed by atoms with Crippen LogP contribution in [0.1, 0.15) is 316 Å². The molecule has 0 aromatic carbocycles. The molecular formula is C63H114O6. The van der Waals surface area contributed by atoms with E-state index in [1.54, 1.807) is 0 Å². The molecule has 1 atom stereocenters. The molecule has 0 aliphatic heterocycles. The molecule has 0 saturated carbocycles. The smallest absolute Gasteiger partial charge is 0.306 e. The fourth-order valence-electron chi connectivity index (χ4n) is 8.87. The van der Waals surface area contributed by atoms with E-state index >= 15 is 0 Å². The van der Waals surface area contributed by atoms with E-state index in [9.17, 15) is 14.4 Å². The van der Waals surface area contributed by atoms with Gasteiger partial charge >= 0.3 is 17.9 Å². The van der Waals surface area contributed by atoms with E-state index < -0.39 is 6.10 Å². The molecule has 0 aromatic heterocycles. The van der Waals surface area contributed by atoms with E-state index in [1.165, 1.54) is 205 Å². The molecule has 0 bridgehead atoms. The van der Waals surface area contributed by atoms with Gasteiger partial charge in [0.2, 0.25) is 0 Å². The number of carbonyl (C=O) groups excluding carboxylic acids is 3. The molecule has 1 unspecified atom stereocenters. The number of allylic oxidation sites excluding steroid dienone is 8. The quantitative estimate of drug-likeness (QED) is 0.0262. The average molecular weight is 968 g/mol. The van der Waals surface area contributed by atoms with Gasteiger partial charge in [0.1, 0.15) is 13.2 Å². The van der Waals surface area contributed by atoms with Gasteiger partial charge in [0.05, 0.1) is 0 Å². The predicted molar refractivity (Wildman–Crippen MR) is 298 cm³/mol. The van der Waals surface area contributed by atoms with E-state index in [0.717, 1.165) is 64.2 Å². The fourth-order valence-corrected chi connectivity index (χ4v) is 8.87. The molecule has 0 aromatic rings. The highest BCUT2D eigenvalue weighted by Gasteiger charge is 2.19. The molecule has 69 heavy (non-hydrogen) atoms. The van der Waals surface area contributed by atoms with Crippen molar-refractivity contribution in [3.63, 3.8) is 0 Å². The van der Waals surface area contributed by atoms with Crippen LogP contribution in [0.5, 0.6) is 0 Å². The van der Waals surface area contributed by atoms with Crippen molar-refractivity contribution in [2.24, 2.45) is 0 Å². The van der Waals surface area contributed by atoms with Gasteiger partial charge < -0.3 is 14.2 Å². The minimum absolute atomic E-state index is 0.0904. The molecule has 0 fully saturated rings. The lowest BCUT2D eigenvalue weighted by atomic mass is 10.0. The number of ether oxygens (including phenoxy) is 3. The van der Waals surface area contributed by atoms with Crippen molar-refractivity contribution in [3.05, 3.63) is 48.6 Å². The van der Waals surface area contributed by atoms with Crippen molar-refractivity contribution in [3.8, 4) is 0 Å². The summed E-state index contributed by atoms with van der Waals surface area (Å²) in [4.78, 5) is 38.1. The second kappa shape index (κ2) is 57.9. The summed E-state index contributed by atoms with van der Waals surface area (Å²) in [7, 11) is 0. The molecule has 0 aliphatic rings. The van der Waals surface area contributed by atoms with Crippen LogP contribution in [0.4, 0.5) is 0 Å². The third-order valence-corrected chi connectivity index (χ3v) is 13.4. The Morgan fingerprint density at radius 1 is 0.304 bits per heavy atom. The van der Waals surface area contributed by atoms with E-state index in [2.05, 4.69) is 63.3 Å². The van der Waals surface area contributed by atoms with Gasteiger partial charge in [-0.1, -0.05) is 301 Å². The zero-order valence-electron chi connectivity index (χ0n) is 46.1. The lowest BCUT2D eigenvalue weighted by Gasteiger charge is -2.18. The minimum Gasteiger partial charge on any atom is -0.462 e. The normalized spacial score (nSPS) is 12.3. The maximum Gasteiger partial charge on any atom is 0.306 e. The first-order chi connectivity index (χ1) is 34.0. The van der Waals surface area contributed by atoms with Crippen LogP contribution in [0.15, 0.2) is 48.6 Å². The molecule has 6 nitrogen and oxygen atoms in total. The molecule has 0 spiro atoms. The molecule has 0 heterocycles. The Morgan fingerprint density at radius 2 is 0.565 bits per heavy atom. The van der Waals surface area contributed by atoms with Crippen LogP contribution in [0, 0.1) is 0 Å².